The number of nitrogens with zero attached hydrogens (tertiary/aromatic N) is 3. The van der Waals surface area contributed by atoms with E-state index in [-0.39, 0.29) is 17.7 Å². The third-order valence-corrected chi connectivity index (χ3v) is 4.59. The van der Waals surface area contributed by atoms with Crippen molar-refractivity contribution in [1.29, 1.82) is 0 Å². The lowest BCUT2D eigenvalue weighted by atomic mass is 9.96. The maximum atomic E-state index is 12.8. The van der Waals surface area contributed by atoms with Gasteiger partial charge in [0.05, 0.1) is 5.92 Å². The van der Waals surface area contributed by atoms with Crippen molar-refractivity contribution in [3.05, 3.63) is 47.8 Å². The summed E-state index contributed by atoms with van der Waals surface area (Å²) in [7, 11) is 0. The SMILES string of the molecule is CCc1cnc(-c2cccc(C(=O)N3CCCC(C(N)=O)C3)c2)nc1. The second kappa shape index (κ2) is 7.42. The van der Waals surface area contributed by atoms with Gasteiger partial charge >= 0.3 is 0 Å². The van der Waals surface area contributed by atoms with Crippen LogP contribution in [0.4, 0.5) is 0 Å². The Balaban J connectivity index is 1.80. The number of aryl methyl sites for hydroxylation is 1. The molecule has 1 saturated heterocycles. The second-order valence-electron chi connectivity index (χ2n) is 6.34. The quantitative estimate of drug-likeness (QED) is 0.924. The molecule has 2 heterocycles. The third-order valence-electron chi connectivity index (χ3n) is 4.59. The number of hydrogen-bond donors (Lipinski definition) is 1. The van der Waals surface area contributed by atoms with Crippen molar-refractivity contribution in [2.75, 3.05) is 13.1 Å². The molecular formula is C19H22N4O2. The van der Waals surface area contributed by atoms with Gasteiger partial charge in [0.2, 0.25) is 5.91 Å². The lowest BCUT2D eigenvalue weighted by Gasteiger charge is -2.31. The zero-order chi connectivity index (χ0) is 17.8. The fraction of sp³-hybridized carbons (Fsp3) is 0.368. The van der Waals surface area contributed by atoms with Crippen LogP contribution in [0.1, 0.15) is 35.7 Å². The maximum absolute atomic E-state index is 12.8. The van der Waals surface area contributed by atoms with Crippen molar-refractivity contribution in [2.45, 2.75) is 26.2 Å². The smallest absolute Gasteiger partial charge is 0.253 e. The van der Waals surface area contributed by atoms with Gasteiger partial charge in [-0.05, 0) is 37.0 Å². The Kier molecular flexibility index (Phi) is 5.07. The van der Waals surface area contributed by atoms with E-state index in [2.05, 4.69) is 16.9 Å². The van der Waals surface area contributed by atoms with E-state index in [0.717, 1.165) is 30.4 Å². The Bertz CT molecular complexity index is 773. The van der Waals surface area contributed by atoms with Crippen molar-refractivity contribution in [1.82, 2.24) is 14.9 Å². The molecule has 0 saturated carbocycles. The summed E-state index contributed by atoms with van der Waals surface area (Å²) in [4.78, 5) is 34.7. The average molecular weight is 338 g/mol. The van der Waals surface area contributed by atoms with Crippen LogP contribution in [0.2, 0.25) is 0 Å². The Morgan fingerprint density at radius 2 is 2.04 bits per heavy atom. The van der Waals surface area contributed by atoms with Gasteiger partial charge in [-0.3, -0.25) is 9.59 Å². The lowest BCUT2D eigenvalue weighted by Crippen LogP contribution is -2.44. The topological polar surface area (TPSA) is 89.2 Å². The number of nitrogens with two attached hydrogens (primary N) is 1. The molecule has 1 fully saturated rings. The minimum absolute atomic E-state index is 0.0852. The molecule has 2 N–H and O–H groups in total. The van der Waals surface area contributed by atoms with Crippen LogP contribution in [0.15, 0.2) is 36.7 Å². The van der Waals surface area contributed by atoms with Gasteiger partial charge < -0.3 is 10.6 Å². The van der Waals surface area contributed by atoms with Crippen molar-refractivity contribution < 1.29 is 9.59 Å². The number of benzene rings is 1. The predicted octanol–water partition coefficient (Wildman–Crippen LogP) is 2.04. The van der Waals surface area contributed by atoms with Gasteiger partial charge in [0.15, 0.2) is 5.82 Å². The first-order chi connectivity index (χ1) is 12.1. The molecule has 0 aliphatic carbocycles. The largest absolute Gasteiger partial charge is 0.369 e. The van der Waals surface area contributed by atoms with E-state index in [1.165, 1.54) is 0 Å². The van der Waals surface area contributed by atoms with Gasteiger partial charge in [-0.15, -0.1) is 0 Å². The normalized spacial score (nSPS) is 17.3. The van der Waals surface area contributed by atoms with Crippen LogP contribution in [0.5, 0.6) is 0 Å². The first-order valence-electron chi connectivity index (χ1n) is 8.58. The first-order valence-corrected chi connectivity index (χ1v) is 8.58. The first kappa shape index (κ1) is 17.1. The second-order valence-corrected chi connectivity index (χ2v) is 6.34. The molecule has 1 aliphatic heterocycles. The number of carbonyl (C=O) groups is 2. The van der Waals surface area contributed by atoms with Crippen molar-refractivity contribution >= 4 is 11.8 Å². The molecule has 6 nitrogen and oxygen atoms in total. The average Bonchev–Trinajstić information content (AvgIpc) is 2.67. The highest BCUT2D eigenvalue weighted by molar-refractivity contribution is 5.95. The van der Waals surface area contributed by atoms with Crippen LogP contribution in [-0.2, 0) is 11.2 Å². The molecular weight excluding hydrogens is 316 g/mol. The highest BCUT2D eigenvalue weighted by Gasteiger charge is 2.27. The monoisotopic (exact) mass is 338 g/mol. The van der Waals surface area contributed by atoms with E-state index >= 15 is 0 Å². The molecule has 0 radical (unpaired) electrons. The number of hydrogen-bond acceptors (Lipinski definition) is 4. The summed E-state index contributed by atoms with van der Waals surface area (Å²) in [5.41, 5.74) is 7.85. The number of amides is 2. The molecule has 0 spiro atoms. The summed E-state index contributed by atoms with van der Waals surface area (Å²) in [6.45, 7) is 3.09. The summed E-state index contributed by atoms with van der Waals surface area (Å²) in [5.74, 6) is -0.0834. The molecule has 1 aliphatic rings. The lowest BCUT2D eigenvalue weighted by molar-refractivity contribution is -0.123. The summed E-state index contributed by atoms with van der Waals surface area (Å²) in [5, 5.41) is 0. The number of piperidine rings is 1. The number of rotatable bonds is 4. The zero-order valence-electron chi connectivity index (χ0n) is 14.3. The molecule has 1 aromatic carbocycles. The highest BCUT2D eigenvalue weighted by Crippen LogP contribution is 2.21. The van der Waals surface area contributed by atoms with Crippen molar-refractivity contribution in [2.24, 2.45) is 11.7 Å². The maximum Gasteiger partial charge on any atom is 0.253 e. The zero-order valence-corrected chi connectivity index (χ0v) is 14.3. The van der Waals surface area contributed by atoms with Crippen molar-refractivity contribution in [3.63, 3.8) is 0 Å². The van der Waals surface area contributed by atoms with E-state index < -0.39 is 0 Å². The van der Waals surface area contributed by atoms with Crippen LogP contribution < -0.4 is 5.73 Å². The molecule has 2 aromatic rings. The number of primary amides is 1. The molecule has 1 unspecified atom stereocenters. The van der Waals surface area contributed by atoms with E-state index in [1.54, 1.807) is 29.4 Å². The van der Waals surface area contributed by atoms with E-state index in [1.807, 2.05) is 12.1 Å². The molecule has 2 amide bonds. The molecule has 25 heavy (non-hydrogen) atoms. The molecule has 1 aromatic heterocycles. The van der Waals surface area contributed by atoms with Crippen LogP contribution >= 0.6 is 0 Å². The molecule has 0 bridgehead atoms. The standard InChI is InChI=1S/C19H22N4O2/c1-2-13-10-21-18(22-11-13)14-5-3-6-15(9-14)19(25)23-8-4-7-16(12-23)17(20)24/h3,5-6,9-11,16H,2,4,7-8,12H2,1H3,(H2,20,24). The molecule has 130 valence electrons. The third kappa shape index (κ3) is 3.84. The Morgan fingerprint density at radius 3 is 2.72 bits per heavy atom. The van der Waals surface area contributed by atoms with E-state index in [4.69, 9.17) is 5.73 Å². The van der Waals surface area contributed by atoms with Crippen LogP contribution in [0.25, 0.3) is 11.4 Å². The summed E-state index contributed by atoms with van der Waals surface area (Å²) < 4.78 is 0. The number of likely N-dealkylation sites (tertiary alicyclic amines) is 1. The van der Waals surface area contributed by atoms with Gasteiger partial charge in [0, 0.05) is 36.6 Å². The van der Waals surface area contributed by atoms with Gasteiger partial charge in [-0.25, -0.2) is 9.97 Å². The van der Waals surface area contributed by atoms with Gasteiger partial charge in [-0.1, -0.05) is 19.1 Å². The molecule has 1 atom stereocenters. The molecule has 6 heteroatoms. The Labute approximate surface area is 147 Å². The molecule has 3 rings (SSSR count). The van der Waals surface area contributed by atoms with E-state index in [0.29, 0.717) is 24.5 Å². The minimum Gasteiger partial charge on any atom is -0.369 e. The van der Waals surface area contributed by atoms with Crippen LogP contribution in [0, 0.1) is 5.92 Å². The van der Waals surface area contributed by atoms with Gasteiger partial charge in [0.25, 0.3) is 5.91 Å². The summed E-state index contributed by atoms with van der Waals surface area (Å²) in [6, 6.07) is 7.30. The van der Waals surface area contributed by atoms with Gasteiger partial charge in [0.1, 0.15) is 0 Å². The highest BCUT2D eigenvalue weighted by atomic mass is 16.2. The fourth-order valence-corrected chi connectivity index (χ4v) is 3.05. The number of carbonyl (C=O) groups excluding carboxylic acids is 2. The van der Waals surface area contributed by atoms with Gasteiger partial charge in [-0.2, -0.15) is 0 Å². The van der Waals surface area contributed by atoms with E-state index in [9.17, 15) is 9.59 Å². The summed E-state index contributed by atoms with van der Waals surface area (Å²) >= 11 is 0. The summed E-state index contributed by atoms with van der Waals surface area (Å²) in [6.07, 6.45) is 6.03. The minimum atomic E-state index is -0.337. The Morgan fingerprint density at radius 1 is 1.28 bits per heavy atom. The van der Waals surface area contributed by atoms with Crippen LogP contribution in [0.3, 0.4) is 0 Å². The predicted molar refractivity (Wildman–Crippen MR) is 94.7 cm³/mol. The van der Waals surface area contributed by atoms with Crippen LogP contribution in [-0.4, -0.2) is 39.8 Å². The fourth-order valence-electron chi connectivity index (χ4n) is 3.05. The Hall–Kier alpha value is -2.76. The number of aromatic nitrogens is 2. The van der Waals surface area contributed by atoms with Crippen molar-refractivity contribution in [3.8, 4) is 11.4 Å².